The summed E-state index contributed by atoms with van der Waals surface area (Å²) >= 11 is 0. The minimum absolute atomic E-state index is 0.0341. The third kappa shape index (κ3) is 3.30. The van der Waals surface area contributed by atoms with Gasteiger partial charge in [0.2, 0.25) is 5.95 Å². The van der Waals surface area contributed by atoms with E-state index in [-0.39, 0.29) is 4.90 Å². The molecule has 0 aliphatic rings. The first-order valence-electron chi connectivity index (χ1n) is 6.59. The zero-order chi connectivity index (χ0) is 15.5. The van der Waals surface area contributed by atoms with Gasteiger partial charge in [0.1, 0.15) is 4.90 Å². The van der Waals surface area contributed by atoms with Crippen molar-refractivity contribution in [1.29, 1.82) is 0 Å². The van der Waals surface area contributed by atoms with E-state index >= 15 is 0 Å². The van der Waals surface area contributed by atoms with Gasteiger partial charge in [-0.2, -0.15) is 0 Å². The quantitative estimate of drug-likeness (QED) is 0.884. The molecule has 112 valence electrons. The summed E-state index contributed by atoms with van der Waals surface area (Å²) in [6.07, 6.45) is 3.31. The van der Waals surface area contributed by atoms with Gasteiger partial charge in [-0.05, 0) is 24.5 Å². The van der Waals surface area contributed by atoms with Crippen molar-refractivity contribution in [3.8, 4) is 0 Å². The molecule has 0 spiro atoms. The third-order valence-electron chi connectivity index (χ3n) is 3.14. The molecule has 1 aromatic carbocycles. The Morgan fingerprint density at radius 1 is 1.19 bits per heavy atom. The molecule has 2 rings (SSSR count). The van der Waals surface area contributed by atoms with Gasteiger partial charge in [0.15, 0.2) is 0 Å². The highest BCUT2D eigenvalue weighted by atomic mass is 32.2. The maximum Gasteiger partial charge on any atom is 0.264 e. The monoisotopic (exact) mass is 306 g/mol. The summed E-state index contributed by atoms with van der Waals surface area (Å²) < 4.78 is 27.5. The normalized spacial score (nSPS) is 11.2. The number of anilines is 2. The van der Waals surface area contributed by atoms with E-state index in [2.05, 4.69) is 20.0 Å². The zero-order valence-corrected chi connectivity index (χ0v) is 13.0. The lowest BCUT2D eigenvalue weighted by Gasteiger charge is -2.14. The van der Waals surface area contributed by atoms with Crippen LogP contribution >= 0.6 is 0 Å². The number of para-hydroxylation sites is 1. The maximum absolute atomic E-state index is 12.4. The van der Waals surface area contributed by atoms with Crippen molar-refractivity contribution in [3.63, 3.8) is 0 Å². The smallest absolute Gasteiger partial charge is 0.264 e. The zero-order valence-electron chi connectivity index (χ0n) is 12.2. The predicted octanol–water partition coefficient (Wildman–Crippen LogP) is 2.19. The average molecular weight is 306 g/mol. The van der Waals surface area contributed by atoms with E-state index in [4.69, 9.17) is 0 Å². The summed E-state index contributed by atoms with van der Waals surface area (Å²) in [6.45, 7) is 3.86. The number of benzene rings is 1. The van der Waals surface area contributed by atoms with E-state index in [1.165, 1.54) is 12.4 Å². The maximum atomic E-state index is 12.4. The molecule has 2 aromatic rings. The van der Waals surface area contributed by atoms with Crippen molar-refractivity contribution < 1.29 is 8.42 Å². The van der Waals surface area contributed by atoms with E-state index in [9.17, 15) is 8.42 Å². The van der Waals surface area contributed by atoms with Crippen LogP contribution in [0.5, 0.6) is 0 Å². The number of nitrogens with zero attached hydrogens (tertiary/aromatic N) is 2. The molecule has 1 aromatic heterocycles. The molecule has 0 radical (unpaired) electrons. The van der Waals surface area contributed by atoms with E-state index < -0.39 is 10.0 Å². The Labute approximate surface area is 124 Å². The summed E-state index contributed by atoms with van der Waals surface area (Å²) in [4.78, 5) is 7.89. The first-order chi connectivity index (χ1) is 9.97. The fourth-order valence-electron chi connectivity index (χ4n) is 1.95. The Morgan fingerprint density at radius 2 is 1.86 bits per heavy atom. The van der Waals surface area contributed by atoms with Gasteiger partial charge in [-0.3, -0.25) is 4.72 Å². The van der Waals surface area contributed by atoms with E-state index in [1.54, 1.807) is 7.05 Å². The van der Waals surface area contributed by atoms with Gasteiger partial charge in [-0.1, -0.05) is 25.1 Å². The summed E-state index contributed by atoms with van der Waals surface area (Å²) in [6, 6.07) is 5.69. The van der Waals surface area contributed by atoms with Crippen molar-refractivity contribution >= 4 is 21.7 Å². The van der Waals surface area contributed by atoms with Crippen LogP contribution < -0.4 is 10.0 Å². The van der Waals surface area contributed by atoms with Gasteiger partial charge < -0.3 is 5.32 Å². The summed E-state index contributed by atoms with van der Waals surface area (Å²) in [7, 11) is -2.03. The van der Waals surface area contributed by atoms with Crippen LogP contribution in [0.2, 0.25) is 0 Å². The minimum atomic E-state index is -3.70. The summed E-state index contributed by atoms with van der Waals surface area (Å²) in [5, 5.41) is 2.75. The Morgan fingerprint density at radius 3 is 2.43 bits per heavy atom. The van der Waals surface area contributed by atoms with E-state index in [0.29, 0.717) is 11.6 Å². The average Bonchev–Trinajstić information content (AvgIpc) is 2.49. The predicted molar refractivity (Wildman–Crippen MR) is 82.9 cm³/mol. The highest BCUT2D eigenvalue weighted by molar-refractivity contribution is 7.92. The number of rotatable bonds is 5. The molecule has 21 heavy (non-hydrogen) atoms. The van der Waals surface area contributed by atoms with Crippen LogP contribution in [-0.4, -0.2) is 25.4 Å². The highest BCUT2D eigenvalue weighted by Crippen LogP contribution is 2.24. The van der Waals surface area contributed by atoms with Crippen LogP contribution in [0.3, 0.4) is 0 Å². The highest BCUT2D eigenvalue weighted by Gasteiger charge is 2.18. The molecule has 0 fully saturated rings. The van der Waals surface area contributed by atoms with Gasteiger partial charge >= 0.3 is 0 Å². The van der Waals surface area contributed by atoms with E-state index in [0.717, 1.165) is 17.5 Å². The molecular weight excluding hydrogens is 288 g/mol. The number of hydrogen-bond acceptors (Lipinski definition) is 5. The van der Waals surface area contributed by atoms with Gasteiger partial charge in [0, 0.05) is 7.05 Å². The standard InChI is InChI=1S/C14H18N4O2S/c1-4-11-7-5-6-10(2)13(11)18-21(19,20)12-8-16-14(15-3)17-9-12/h5-9,18H,4H2,1-3H3,(H,15,16,17). The molecule has 0 amide bonds. The minimum Gasteiger partial charge on any atom is -0.357 e. The number of aryl methyl sites for hydroxylation is 2. The molecule has 0 bridgehead atoms. The lowest BCUT2D eigenvalue weighted by molar-refractivity contribution is 0.600. The molecule has 0 aliphatic carbocycles. The Balaban J connectivity index is 2.37. The Hall–Kier alpha value is -2.15. The van der Waals surface area contributed by atoms with Crippen LogP contribution in [0.1, 0.15) is 18.1 Å². The lowest BCUT2D eigenvalue weighted by atomic mass is 10.1. The van der Waals surface area contributed by atoms with Crippen LogP contribution in [-0.2, 0) is 16.4 Å². The largest absolute Gasteiger partial charge is 0.357 e. The number of nitrogens with one attached hydrogen (secondary N) is 2. The number of hydrogen-bond donors (Lipinski definition) is 2. The number of aromatic nitrogens is 2. The first kappa shape index (κ1) is 15.2. The molecular formula is C14H18N4O2S. The molecule has 0 aliphatic heterocycles. The summed E-state index contributed by atoms with van der Waals surface area (Å²) in [5.74, 6) is 0.374. The first-order valence-corrected chi connectivity index (χ1v) is 8.07. The van der Waals surface area contributed by atoms with Crippen molar-refractivity contribution in [1.82, 2.24) is 9.97 Å². The molecule has 0 saturated carbocycles. The van der Waals surface area contributed by atoms with Crippen molar-refractivity contribution in [2.45, 2.75) is 25.2 Å². The fraction of sp³-hybridized carbons (Fsp3) is 0.286. The SMILES string of the molecule is CCc1cccc(C)c1NS(=O)(=O)c1cnc(NC)nc1. The van der Waals surface area contributed by atoms with Crippen molar-refractivity contribution in [3.05, 3.63) is 41.7 Å². The molecule has 2 N–H and O–H groups in total. The topological polar surface area (TPSA) is 84.0 Å². The molecule has 6 nitrogen and oxygen atoms in total. The second-order valence-corrected chi connectivity index (χ2v) is 6.24. The Kier molecular flexibility index (Phi) is 4.42. The number of sulfonamides is 1. The molecule has 7 heteroatoms. The Bertz CT molecular complexity index is 727. The fourth-order valence-corrected chi connectivity index (χ4v) is 3.01. The molecule has 0 saturated heterocycles. The van der Waals surface area contributed by atoms with Gasteiger partial charge in [-0.25, -0.2) is 18.4 Å². The second-order valence-electron chi connectivity index (χ2n) is 4.56. The summed E-state index contributed by atoms with van der Waals surface area (Å²) in [5.41, 5.74) is 2.45. The lowest BCUT2D eigenvalue weighted by Crippen LogP contribution is -2.16. The third-order valence-corrected chi connectivity index (χ3v) is 4.44. The van der Waals surface area contributed by atoms with Crippen LogP contribution in [0, 0.1) is 6.92 Å². The molecule has 1 heterocycles. The second kappa shape index (κ2) is 6.09. The molecule has 0 atom stereocenters. The van der Waals surface area contributed by atoms with Crippen LogP contribution in [0.4, 0.5) is 11.6 Å². The van der Waals surface area contributed by atoms with Crippen molar-refractivity contribution in [2.75, 3.05) is 17.1 Å². The molecule has 0 unspecified atom stereocenters. The van der Waals surface area contributed by atoms with Gasteiger partial charge in [-0.15, -0.1) is 0 Å². The van der Waals surface area contributed by atoms with Gasteiger partial charge in [0.05, 0.1) is 18.1 Å². The van der Waals surface area contributed by atoms with Crippen LogP contribution in [0.15, 0.2) is 35.5 Å². The van der Waals surface area contributed by atoms with E-state index in [1.807, 2.05) is 32.0 Å². The van der Waals surface area contributed by atoms with Crippen molar-refractivity contribution in [2.24, 2.45) is 0 Å². The van der Waals surface area contributed by atoms with Gasteiger partial charge in [0.25, 0.3) is 10.0 Å². The van der Waals surface area contributed by atoms with Crippen LogP contribution in [0.25, 0.3) is 0 Å².